The highest BCUT2D eigenvalue weighted by molar-refractivity contribution is 9.09. The van der Waals surface area contributed by atoms with Crippen LogP contribution in [0.2, 0.25) is 0 Å². The molecule has 0 aliphatic rings. The molecule has 0 N–H and O–H groups in total. The molecule has 0 bridgehead atoms. The van der Waals surface area contributed by atoms with Crippen LogP contribution in [0, 0.1) is 6.92 Å². The number of methoxy groups -OCH3 is 1. The molecule has 1 aromatic rings. The maximum atomic E-state index is 5.17. The summed E-state index contributed by atoms with van der Waals surface area (Å²) < 4.78 is 5.17. The summed E-state index contributed by atoms with van der Waals surface area (Å²) in [6, 6.07) is 6.17. The Bertz CT molecular complexity index is 305. The van der Waals surface area contributed by atoms with Gasteiger partial charge >= 0.3 is 0 Å². The van der Waals surface area contributed by atoms with Crippen LogP contribution < -0.4 is 4.74 Å². The third-order valence-electron chi connectivity index (χ3n) is 1.71. The van der Waals surface area contributed by atoms with Crippen molar-refractivity contribution in [3.05, 3.63) is 35.4 Å². The first-order chi connectivity index (χ1) is 6.26. The quantitative estimate of drug-likeness (QED) is 0.737. The molecular weight excluding hydrogens is 228 g/mol. The number of aryl methyl sites for hydroxylation is 1. The minimum atomic E-state index is 0.878. The molecule has 2 heteroatoms. The molecule has 0 atom stereocenters. The Morgan fingerprint density at radius 2 is 2.15 bits per heavy atom. The monoisotopic (exact) mass is 240 g/mol. The number of halogens is 1. The van der Waals surface area contributed by atoms with Crippen LogP contribution in [0.3, 0.4) is 0 Å². The van der Waals surface area contributed by atoms with Crippen molar-refractivity contribution >= 4 is 22.0 Å². The Hall–Kier alpha value is -0.760. The molecule has 13 heavy (non-hydrogen) atoms. The first-order valence-corrected chi connectivity index (χ1v) is 5.26. The van der Waals surface area contributed by atoms with E-state index in [1.165, 1.54) is 11.1 Å². The molecule has 0 spiro atoms. The van der Waals surface area contributed by atoms with E-state index in [-0.39, 0.29) is 0 Å². The molecule has 0 aliphatic carbocycles. The lowest BCUT2D eigenvalue weighted by molar-refractivity contribution is 0.414. The number of alkyl halides is 1. The van der Waals surface area contributed by atoms with Gasteiger partial charge in [-0.15, -0.1) is 0 Å². The van der Waals surface area contributed by atoms with Crippen LogP contribution in [0.15, 0.2) is 24.3 Å². The van der Waals surface area contributed by atoms with E-state index in [1.54, 1.807) is 7.11 Å². The van der Waals surface area contributed by atoms with Crippen molar-refractivity contribution in [1.82, 2.24) is 0 Å². The van der Waals surface area contributed by atoms with Crippen LogP contribution in [-0.2, 0) is 0 Å². The summed E-state index contributed by atoms with van der Waals surface area (Å²) in [5, 5.41) is 0.878. The van der Waals surface area contributed by atoms with Crippen LogP contribution in [-0.4, -0.2) is 12.4 Å². The van der Waals surface area contributed by atoms with Crippen molar-refractivity contribution < 1.29 is 4.74 Å². The third kappa shape index (κ3) is 3.23. The van der Waals surface area contributed by atoms with E-state index in [1.807, 2.05) is 12.1 Å². The predicted molar refractivity (Wildman–Crippen MR) is 60.6 cm³/mol. The Morgan fingerprint density at radius 1 is 1.38 bits per heavy atom. The summed E-state index contributed by atoms with van der Waals surface area (Å²) in [6.45, 7) is 2.06. The highest BCUT2D eigenvalue weighted by Gasteiger charge is 1.94. The van der Waals surface area contributed by atoms with Gasteiger partial charge in [0.2, 0.25) is 0 Å². The predicted octanol–water partition coefficient (Wildman–Crippen LogP) is 3.41. The van der Waals surface area contributed by atoms with Crippen LogP contribution in [0.5, 0.6) is 5.75 Å². The van der Waals surface area contributed by atoms with Gasteiger partial charge in [-0.05, 0) is 30.2 Å². The minimum absolute atomic E-state index is 0.878. The van der Waals surface area contributed by atoms with Gasteiger partial charge in [0.25, 0.3) is 0 Å². The van der Waals surface area contributed by atoms with Gasteiger partial charge in [-0.25, -0.2) is 0 Å². The molecule has 0 saturated carbocycles. The van der Waals surface area contributed by atoms with Gasteiger partial charge in [-0.3, -0.25) is 0 Å². The van der Waals surface area contributed by atoms with Crippen LogP contribution in [0.4, 0.5) is 0 Å². The summed E-state index contributed by atoms with van der Waals surface area (Å²) >= 11 is 3.34. The van der Waals surface area contributed by atoms with Gasteiger partial charge in [0.15, 0.2) is 0 Å². The molecule has 0 fully saturated rings. The summed E-state index contributed by atoms with van der Waals surface area (Å²) in [5.74, 6) is 0.911. The van der Waals surface area contributed by atoms with Crippen LogP contribution in [0.25, 0.3) is 6.08 Å². The van der Waals surface area contributed by atoms with Crippen molar-refractivity contribution in [3.8, 4) is 5.75 Å². The van der Waals surface area contributed by atoms with Gasteiger partial charge in [-0.2, -0.15) is 0 Å². The third-order valence-corrected chi connectivity index (χ3v) is 2.08. The van der Waals surface area contributed by atoms with E-state index in [2.05, 4.69) is 41.1 Å². The van der Waals surface area contributed by atoms with Crippen LogP contribution >= 0.6 is 15.9 Å². The molecule has 1 aromatic carbocycles. The minimum Gasteiger partial charge on any atom is -0.497 e. The zero-order valence-corrected chi connectivity index (χ0v) is 9.47. The van der Waals surface area contributed by atoms with Crippen molar-refractivity contribution in [2.45, 2.75) is 6.92 Å². The number of hydrogen-bond acceptors (Lipinski definition) is 1. The first kappa shape index (κ1) is 10.3. The lowest BCUT2D eigenvalue weighted by atomic mass is 10.1. The molecule has 1 rings (SSSR count). The van der Waals surface area contributed by atoms with Gasteiger partial charge in [0.05, 0.1) is 7.11 Å². The Balaban J connectivity index is 2.94. The summed E-state index contributed by atoms with van der Waals surface area (Å²) in [4.78, 5) is 0. The molecule has 0 unspecified atom stereocenters. The van der Waals surface area contributed by atoms with Crippen molar-refractivity contribution in [2.75, 3.05) is 12.4 Å². The number of benzene rings is 1. The fourth-order valence-corrected chi connectivity index (χ4v) is 1.36. The fraction of sp³-hybridized carbons (Fsp3) is 0.273. The molecule has 0 aromatic heterocycles. The largest absolute Gasteiger partial charge is 0.497 e. The Kier molecular flexibility index (Phi) is 4.03. The number of allylic oxidation sites excluding steroid dienone is 1. The average molecular weight is 241 g/mol. The van der Waals surface area contributed by atoms with Gasteiger partial charge in [0, 0.05) is 5.33 Å². The summed E-state index contributed by atoms with van der Waals surface area (Å²) in [7, 11) is 1.69. The zero-order valence-electron chi connectivity index (χ0n) is 7.88. The lowest BCUT2D eigenvalue weighted by Gasteiger charge is -2.02. The highest BCUT2D eigenvalue weighted by Crippen LogP contribution is 2.17. The summed E-state index contributed by atoms with van der Waals surface area (Å²) in [5.41, 5.74) is 2.39. The Morgan fingerprint density at radius 3 is 2.77 bits per heavy atom. The molecule has 0 radical (unpaired) electrons. The smallest absolute Gasteiger partial charge is 0.119 e. The SMILES string of the molecule is COc1cc(C)cc(C=CCBr)c1. The maximum Gasteiger partial charge on any atom is 0.119 e. The van der Waals surface area contributed by atoms with E-state index in [4.69, 9.17) is 4.74 Å². The zero-order chi connectivity index (χ0) is 9.68. The summed E-state index contributed by atoms with van der Waals surface area (Å²) in [6.07, 6.45) is 4.14. The van der Waals surface area contributed by atoms with Crippen molar-refractivity contribution in [3.63, 3.8) is 0 Å². The maximum absolute atomic E-state index is 5.17. The fourth-order valence-electron chi connectivity index (χ4n) is 1.17. The second-order valence-electron chi connectivity index (χ2n) is 2.84. The van der Waals surface area contributed by atoms with Gasteiger partial charge < -0.3 is 4.74 Å². The molecule has 0 saturated heterocycles. The average Bonchev–Trinajstić information content (AvgIpc) is 2.14. The molecular formula is C11H13BrO. The second kappa shape index (κ2) is 5.07. The lowest BCUT2D eigenvalue weighted by Crippen LogP contribution is -1.85. The van der Waals surface area contributed by atoms with E-state index in [0.717, 1.165) is 11.1 Å². The molecule has 0 aliphatic heterocycles. The first-order valence-electron chi connectivity index (χ1n) is 4.14. The van der Waals surface area contributed by atoms with Crippen molar-refractivity contribution in [1.29, 1.82) is 0 Å². The molecule has 70 valence electrons. The van der Waals surface area contributed by atoms with E-state index < -0.39 is 0 Å². The van der Waals surface area contributed by atoms with Crippen molar-refractivity contribution in [2.24, 2.45) is 0 Å². The van der Waals surface area contributed by atoms with E-state index in [0.29, 0.717) is 0 Å². The Labute approximate surface area is 87.5 Å². The molecule has 0 heterocycles. The van der Waals surface area contributed by atoms with Gasteiger partial charge in [-0.1, -0.05) is 34.1 Å². The number of rotatable bonds is 3. The number of hydrogen-bond donors (Lipinski definition) is 0. The molecule has 1 nitrogen and oxygen atoms in total. The highest BCUT2D eigenvalue weighted by atomic mass is 79.9. The number of ether oxygens (including phenoxy) is 1. The van der Waals surface area contributed by atoms with E-state index >= 15 is 0 Å². The standard InChI is InChI=1S/C11H13BrO/c1-9-6-10(4-3-5-12)8-11(7-9)13-2/h3-4,6-8H,5H2,1-2H3. The topological polar surface area (TPSA) is 9.23 Å². The van der Waals surface area contributed by atoms with E-state index in [9.17, 15) is 0 Å². The second-order valence-corrected chi connectivity index (χ2v) is 3.49. The van der Waals surface area contributed by atoms with Gasteiger partial charge in [0.1, 0.15) is 5.75 Å². The van der Waals surface area contributed by atoms with Crippen LogP contribution in [0.1, 0.15) is 11.1 Å². The molecule has 0 amide bonds. The normalized spacial score (nSPS) is 10.7.